The highest BCUT2D eigenvalue weighted by atomic mass is 32.2. The van der Waals surface area contributed by atoms with E-state index in [4.69, 9.17) is 0 Å². The van der Waals surface area contributed by atoms with E-state index in [0.717, 1.165) is 12.0 Å². The Morgan fingerprint density at radius 1 is 1.13 bits per heavy atom. The van der Waals surface area contributed by atoms with Gasteiger partial charge in [-0.2, -0.15) is 11.8 Å². The Morgan fingerprint density at radius 3 is 2.53 bits per heavy atom. The molecule has 1 fully saturated rings. The predicted octanol–water partition coefficient (Wildman–Crippen LogP) is 3.69. The monoisotopic (exact) mass is 229 g/mol. The van der Waals surface area contributed by atoms with Crippen LogP contribution in [0.5, 0.6) is 0 Å². The fraction of sp³-hybridized carbons (Fsp3) is 1.00. The van der Waals surface area contributed by atoms with Crippen LogP contribution in [0.25, 0.3) is 0 Å². The zero-order valence-electron chi connectivity index (χ0n) is 10.4. The van der Waals surface area contributed by atoms with E-state index in [-0.39, 0.29) is 0 Å². The van der Waals surface area contributed by atoms with Gasteiger partial charge in [0, 0.05) is 18.3 Å². The minimum Gasteiger partial charge on any atom is -0.313 e. The highest BCUT2D eigenvalue weighted by Gasteiger charge is 2.11. The van der Waals surface area contributed by atoms with Gasteiger partial charge in [-0.15, -0.1) is 0 Å². The second-order valence-corrected chi connectivity index (χ2v) is 6.31. The minimum absolute atomic E-state index is 0.837. The molecule has 0 saturated heterocycles. The second kappa shape index (κ2) is 8.46. The van der Waals surface area contributed by atoms with Gasteiger partial charge >= 0.3 is 0 Å². The van der Waals surface area contributed by atoms with Crippen molar-refractivity contribution in [3.05, 3.63) is 0 Å². The molecule has 1 saturated carbocycles. The van der Waals surface area contributed by atoms with Crippen molar-refractivity contribution in [3.8, 4) is 0 Å². The third kappa shape index (κ3) is 7.24. The topological polar surface area (TPSA) is 12.0 Å². The van der Waals surface area contributed by atoms with Crippen molar-refractivity contribution in [3.63, 3.8) is 0 Å². The molecule has 0 aromatic heterocycles. The van der Waals surface area contributed by atoms with E-state index < -0.39 is 0 Å². The van der Waals surface area contributed by atoms with Crippen molar-refractivity contribution >= 4 is 11.8 Å². The molecule has 2 heteroatoms. The lowest BCUT2D eigenvalue weighted by atomic mass is 9.96. The first-order valence-electron chi connectivity index (χ1n) is 6.60. The van der Waals surface area contributed by atoms with Crippen molar-refractivity contribution in [1.29, 1.82) is 0 Å². The molecule has 0 aromatic carbocycles. The Labute approximate surface area is 99.8 Å². The van der Waals surface area contributed by atoms with E-state index in [2.05, 4.69) is 30.9 Å². The van der Waals surface area contributed by atoms with Crippen molar-refractivity contribution in [1.82, 2.24) is 5.32 Å². The highest BCUT2D eigenvalue weighted by molar-refractivity contribution is 7.99. The standard InChI is InChI=1S/C13H27NS/c1-12(2)8-10-15-11-9-14-13-6-4-3-5-7-13/h12-14H,3-11H2,1-2H3. The fourth-order valence-electron chi connectivity index (χ4n) is 2.06. The Kier molecular flexibility index (Phi) is 7.54. The van der Waals surface area contributed by atoms with E-state index in [0.29, 0.717) is 0 Å². The van der Waals surface area contributed by atoms with Crippen LogP contribution in [0.3, 0.4) is 0 Å². The Hall–Kier alpha value is 0.310. The lowest BCUT2D eigenvalue weighted by Crippen LogP contribution is -2.32. The SMILES string of the molecule is CC(C)CCSCCNC1CCCCC1. The summed E-state index contributed by atoms with van der Waals surface area (Å²) in [6.45, 7) is 5.83. The summed E-state index contributed by atoms with van der Waals surface area (Å²) in [5, 5.41) is 3.69. The molecule has 1 aliphatic carbocycles. The molecule has 1 rings (SSSR count). The summed E-state index contributed by atoms with van der Waals surface area (Å²) in [5.74, 6) is 3.50. The van der Waals surface area contributed by atoms with E-state index in [1.165, 1.54) is 56.6 Å². The third-order valence-electron chi connectivity index (χ3n) is 3.12. The maximum Gasteiger partial charge on any atom is 0.00673 e. The Balaban J connectivity index is 1.83. The van der Waals surface area contributed by atoms with Gasteiger partial charge in [-0.05, 0) is 30.9 Å². The summed E-state index contributed by atoms with van der Waals surface area (Å²) in [6, 6.07) is 0.837. The largest absolute Gasteiger partial charge is 0.313 e. The lowest BCUT2D eigenvalue weighted by molar-refractivity contribution is 0.381. The van der Waals surface area contributed by atoms with Crippen molar-refractivity contribution in [2.45, 2.75) is 58.4 Å². The summed E-state index contributed by atoms with van der Waals surface area (Å²) < 4.78 is 0. The van der Waals surface area contributed by atoms with Gasteiger partial charge < -0.3 is 5.32 Å². The smallest absolute Gasteiger partial charge is 0.00673 e. The first-order chi connectivity index (χ1) is 7.29. The molecule has 1 N–H and O–H groups in total. The summed E-state index contributed by atoms with van der Waals surface area (Å²) in [6.07, 6.45) is 8.54. The van der Waals surface area contributed by atoms with Crippen LogP contribution in [0.2, 0.25) is 0 Å². The van der Waals surface area contributed by atoms with Crippen LogP contribution in [-0.4, -0.2) is 24.1 Å². The first-order valence-corrected chi connectivity index (χ1v) is 7.75. The average Bonchev–Trinajstić information content (AvgIpc) is 2.24. The second-order valence-electron chi connectivity index (χ2n) is 5.08. The fourth-order valence-corrected chi connectivity index (χ4v) is 3.17. The molecule has 0 heterocycles. The zero-order valence-corrected chi connectivity index (χ0v) is 11.2. The van der Waals surface area contributed by atoms with E-state index in [1.807, 2.05) is 0 Å². The van der Waals surface area contributed by atoms with Crippen LogP contribution in [-0.2, 0) is 0 Å². The molecular weight excluding hydrogens is 202 g/mol. The van der Waals surface area contributed by atoms with Crippen LogP contribution in [0.4, 0.5) is 0 Å². The van der Waals surface area contributed by atoms with Gasteiger partial charge in [0.2, 0.25) is 0 Å². The Morgan fingerprint density at radius 2 is 1.87 bits per heavy atom. The molecule has 0 unspecified atom stereocenters. The maximum atomic E-state index is 3.69. The first kappa shape index (κ1) is 13.4. The van der Waals surface area contributed by atoms with E-state index in [1.54, 1.807) is 0 Å². The molecule has 1 aliphatic rings. The summed E-state index contributed by atoms with van der Waals surface area (Å²) in [7, 11) is 0. The van der Waals surface area contributed by atoms with Crippen LogP contribution < -0.4 is 5.32 Å². The van der Waals surface area contributed by atoms with Crippen LogP contribution in [0, 0.1) is 5.92 Å². The molecule has 0 aliphatic heterocycles. The van der Waals surface area contributed by atoms with E-state index in [9.17, 15) is 0 Å². The van der Waals surface area contributed by atoms with Crippen molar-refractivity contribution in [2.24, 2.45) is 5.92 Å². The summed E-state index contributed by atoms with van der Waals surface area (Å²) in [5.41, 5.74) is 0. The Bertz CT molecular complexity index is 141. The highest BCUT2D eigenvalue weighted by Crippen LogP contribution is 2.17. The molecule has 15 heavy (non-hydrogen) atoms. The van der Waals surface area contributed by atoms with Crippen LogP contribution in [0.15, 0.2) is 0 Å². The zero-order chi connectivity index (χ0) is 10.9. The van der Waals surface area contributed by atoms with Gasteiger partial charge in [0.1, 0.15) is 0 Å². The van der Waals surface area contributed by atoms with Crippen molar-refractivity contribution < 1.29 is 0 Å². The molecule has 0 amide bonds. The third-order valence-corrected chi connectivity index (χ3v) is 4.14. The lowest BCUT2D eigenvalue weighted by Gasteiger charge is -2.22. The normalized spacial score (nSPS) is 18.6. The van der Waals surface area contributed by atoms with Gasteiger partial charge in [-0.25, -0.2) is 0 Å². The predicted molar refractivity (Wildman–Crippen MR) is 71.7 cm³/mol. The molecule has 0 atom stereocenters. The van der Waals surface area contributed by atoms with Gasteiger partial charge in [0.25, 0.3) is 0 Å². The van der Waals surface area contributed by atoms with Gasteiger partial charge in [0.05, 0.1) is 0 Å². The molecule has 1 nitrogen and oxygen atoms in total. The summed E-state index contributed by atoms with van der Waals surface area (Å²) in [4.78, 5) is 0. The van der Waals surface area contributed by atoms with Crippen molar-refractivity contribution in [2.75, 3.05) is 18.1 Å². The van der Waals surface area contributed by atoms with Crippen LogP contribution in [0.1, 0.15) is 52.4 Å². The minimum atomic E-state index is 0.837. The maximum absolute atomic E-state index is 3.69. The molecular formula is C13H27NS. The van der Waals surface area contributed by atoms with Crippen LogP contribution >= 0.6 is 11.8 Å². The number of thioether (sulfide) groups is 1. The average molecular weight is 229 g/mol. The van der Waals surface area contributed by atoms with Gasteiger partial charge in [0.15, 0.2) is 0 Å². The molecule has 0 bridgehead atoms. The molecule has 0 spiro atoms. The van der Waals surface area contributed by atoms with Gasteiger partial charge in [-0.3, -0.25) is 0 Å². The molecule has 90 valence electrons. The molecule has 0 radical (unpaired) electrons. The molecule has 0 aromatic rings. The van der Waals surface area contributed by atoms with E-state index >= 15 is 0 Å². The number of hydrogen-bond donors (Lipinski definition) is 1. The van der Waals surface area contributed by atoms with Gasteiger partial charge in [-0.1, -0.05) is 33.1 Å². The number of rotatable bonds is 7. The number of nitrogens with one attached hydrogen (secondary N) is 1. The number of hydrogen-bond acceptors (Lipinski definition) is 2. The quantitative estimate of drug-likeness (QED) is 0.668. The summed E-state index contributed by atoms with van der Waals surface area (Å²) >= 11 is 2.11.